The van der Waals surface area contributed by atoms with E-state index in [0.29, 0.717) is 29.9 Å². The molecule has 61 heavy (non-hydrogen) atoms. The fourth-order valence-corrected chi connectivity index (χ4v) is 10.1. The molecule has 4 fully saturated rings. The van der Waals surface area contributed by atoms with Crippen molar-refractivity contribution in [2.75, 3.05) is 61.5 Å². The number of halogens is 1. The Bertz CT molecular complexity index is 2400. The van der Waals surface area contributed by atoms with Gasteiger partial charge in [-0.25, -0.2) is 4.98 Å². The van der Waals surface area contributed by atoms with Gasteiger partial charge in [-0.2, -0.15) is 4.98 Å². The van der Waals surface area contributed by atoms with Crippen LogP contribution >= 0.6 is 11.6 Å². The van der Waals surface area contributed by atoms with Crippen molar-refractivity contribution in [2.45, 2.75) is 96.1 Å². The first-order valence-corrected chi connectivity index (χ1v) is 22.0. The third-order valence-corrected chi connectivity index (χ3v) is 13.5. The van der Waals surface area contributed by atoms with Crippen molar-refractivity contribution >= 4 is 63.4 Å². The molecule has 15 nitrogen and oxygen atoms in total. The van der Waals surface area contributed by atoms with Crippen LogP contribution in [-0.2, 0) is 20.9 Å². The molecular weight excluding hydrogens is 798 g/mol. The monoisotopic (exact) mass is 851 g/mol. The first kappa shape index (κ1) is 41.0. The Morgan fingerprint density at radius 2 is 1.77 bits per heavy atom. The molecule has 1 unspecified atom stereocenters. The first-order valence-electron chi connectivity index (χ1n) is 21.7. The molecule has 3 N–H and O–H groups in total. The minimum atomic E-state index is -0.383. The second kappa shape index (κ2) is 16.8. The second-order valence-electron chi connectivity index (χ2n) is 17.6. The molecule has 1 atom stereocenters. The van der Waals surface area contributed by atoms with E-state index in [2.05, 4.69) is 36.8 Å². The highest BCUT2D eigenvalue weighted by molar-refractivity contribution is 6.33. The molecule has 0 bridgehead atoms. The molecule has 16 heteroatoms. The number of fused-ring (bicyclic) bond motifs is 2. The standard InChI is InChI=1S/C45H54ClN9O6/c1-27(2)55-34-10-9-30(20-29(34)21-37(42(55)58)60-24-38(56)47-3)50-40-33(46)22-49-44(51-40)52-18-13-32(14-19-52)61-31-11-15-45(16-12-31)25-53(26-45)35-7-4-6-28-23-54(43(59)39(28)35)36-8-5-17-48-41(36)57/h4,6-7,9-10,20-22,27,31-32,36H,5,8,11-19,23-26H2,1-3H3,(H,47,56)(H,48,57)(H,49,50,51). The molecule has 6 heterocycles. The topological polar surface area (TPSA) is 163 Å². The quantitative estimate of drug-likeness (QED) is 0.173. The normalized spacial score (nSPS) is 20.5. The van der Waals surface area contributed by atoms with Gasteiger partial charge in [0.2, 0.25) is 11.9 Å². The number of hydrogen-bond donors (Lipinski definition) is 3. The maximum absolute atomic E-state index is 13.7. The lowest BCUT2D eigenvalue weighted by atomic mass is 9.67. The zero-order valence-electron chi connectivity index (χ0n) is 35.0. The SMILES string of the molecule is CNC(=O)COc1cc2cc(Nc3nc(N4CCC(OC5CCC6(CC5)CN(c5cccc7c5C(=O)N(C5CCCNC5=O)C7)C6)CC4)ncc3Cl)ccc2n(C(C)C)c1=O. The molecule has 2 aromatic heterocycles. The predicted molar refractivity (Wildman–Crippen MR) is 234 cm³/mol. The third-order valence-electron chi connectivity index (χ3n) is 13.2. The lowest BCUT2D eigenvalue weighted by molar-refractivity contribution is -0.127. The summed E-state index contributed by atoms with van der Waals surface area (Å²) in [6, 6.07) is 13.0. The molecule has 1 saturated carbocycles. The Balaban J connectivity index is 0.775. The van der Waals surface area contributed by atoms with E-state index in [0.717, 1.165) is 111 Å². The zero-order valence-corrected chi connectivity index (χ0v) is 35.8. The fraction of sp³-hybridized carbons (Fsp3) is 0.511. The highest BCUT2D eigenvalue weighted by Gasteiger charge is 2.48. The van der Waals surface area contributed by atoms with Crippen molar-refractivity contribution in [3.63, 3.8) is 0 Å². The summed E-state index contributed by atoms with van der Waals surface area (Å²) in [6.07, 6.45) is 9.70. The maximum atomic E-state index is 13.7. The van der Waals surface area contributed by atoms with Gasteiger partial charge >= 0.3 is 0 Å². The van der Waals surface area contributed by atoms with Gasteiger partial charge in [-0.3, -0.25) is 19.2 Å². The van der Waals surface area contributed by atoms with Crippen LogP contribution in [0.4, 0.5) is 23.1 Å². The average molecular weight is 852 g/mol. The molecule has 4 aliphatic heterocycles. The summed E-state index contributed by atoms with van der Waals surface area (Å²) in [6.45, 7) is 8.20. The number of benzene rings is 2. The van der Waals surface area contributed by atoms with Crippen LogP contribution in [-0.4, -0.2) is 102 Å². The van der Waals surface area contributed by atoms with E-state index in [1.54, 1.807) is 21.7 Å². The lowest BCUT2D eigenvalue weighted by Gasteiger charge is -2.55. The van der Waals surface area contributed by atoms with Gasteiger partial charge in [-0.05, 0) is 101 Å². The highest BCUT2D eigenvalue weighted by atomic mass is 35.5. The van der Waals surface area contributed by atoms with Gasteiger partial charge in [0.15, 0.2) is 18.2 Å². The van der Waals surface area contributed by atoms with Crippen LogP contribution in [0.15, 0.2) is 53.5 Å². The number of likely N-dealkylation sites (N-methyl/N-ethyl adjacent to an activating group) is 1. The number of carbonyl (C=O) groups is 3. The van der Waals surface area contributed by atoms with Crippen molar-refractivity contribution in [2.24, 2.45) is 5.41 Å². The Morgan fingerprint density at radius 1 is 1.00 bits per heavy atom. The molecule has 3 saturated heterocycles. The van der Waals surface area contributed by atoms with E-state index in [-0.39, 0.29) is 65.3 Å². The van der Waals surface area contributed by atoms with Crippen LogP contribution in [0, 0.1) is 5.41 Å². The van der Waals surface area contributed by atoms with Crippen LogP contribution in [0.5, 0.6) is 5.75 Å². The van der Waals surface area contributed by atoms with Crippen LogP contribution in [0.2, 0.25) is 5.02 Å². The van der Waals surface area contributed by atoms with Crippen molar-refractivity contribution in [3.8, 4) is 5.75 Å². The summed E-state index contributed by atoms with van der Waals surface area (Å²) >= 11 is 6.61. The van der Waals surface area contributed by atoms with Gasteiger partial charge in [0.1, 0.15) is 11.1 Å². The van der Waals surface area contributed by atoms with Gasteiger partial charge in [-0.1, -0.05) is 23.7 Å². The first-order chi connectivity index (χ1) is 29.5. The maximum Gasteiger partial charge on any atom is 0.293 e. The minimum Gasteiger partial charge on any atom is -0.478 e. The van der Waals surface area contributed by atoms with Gasteiger partial charge in [0.25, 0.3) is 17.4 Å². The van der Waals surface area contributed by atoms with E-state index < -0.39 is 0 Å². The summed E-state index contributed by atoms with van der Waals surface area (Å²) < 4.78 is 14.0. The molecule has 0 radical (unpaired) electrons. The van der Waals surface area contributed by atoms with E-state index in [9.17, 15) is 19.2 Å². The molecule has 322 valence electrons. The number of carbonyl (C=O) groups excluding carboxylic acids is 3. The summed E-state index contributed by atoms with van der Waals surface area (Å²) in [5.74, 6) is 0.788. The number of ether oxygens (including phenoxy) is 2. The molecule has 3 amide bonds. The Kier molecular flexibility index (Phi) is 11.3. The Morgan fingerprint density at radius 3 is 2.51 bits per heavy atom. The minimum absolute atomic E-state index is 0.0127. The molecule has 5 aliphatic rings. The number of nitrogens with zero attached hydrogens (tertiary/aromatic N) is 6. The van der Waals surface area contributed by atoms with Crippen molar-refractivity contribution in [3.05, 3.63) is 75.2 Å². The molecule has 4 aromatic rings. The largest absolute Gasteiger partial charge is 0.478 e. The number of piperidine rings is 2. The van der Waals surface area contributed by atoms with E-state index in [1.807, 2.05) is 44.2 Å². The van der Waals surface area contributed by atoms with Crippen LogP contribution < -0.4 is 36.0 Å². The molecule has 9 rings (SSSR count). The van der Waals surface area contributed by atoms with E-state index in [1.165, 1.54) is 7.05 Å². The zero-order chi connectivity index (χ0) is 42.4. The third kappa shape index (κ3) is 8.09. The van der Waals surface area contributed by atoms with Crippen molar-refractivity contribution < 1.29 is 23.9 Å². The number of hydrogen-bond acceptors (Lipinski definition) is 11. The van der Waals surface area contributed by atoms with Crippen LogP contribution in [0.3, 0.4) is 0 Å². The van der Waals surface area contributed by atoms with Crippen LogP contribution in [0.1, 0.15) is 87.2 Å². The van der Waals surface area contributed by atoms with Gasteiger partial charge in [-0.15, -0.1) is 0 Å². The Labute approximate surface area is 360 Å². The Hall–Kier alpha value is -5.41. The molecule has 2 aromatic carbocycles. The van der Waals surface area contributed by atoms with Crippen LogP contribution in [0.25, 0.3) is 10.9 Å². The average Bonchev–Trinajstić information content (AvgIpc) is 3.59. The van der Waals surface area contributed by atoms with Crippen molar-refractivity contribution in [1.82, 2.24) is 30.1 Å². The summed E-state index contributed by atoms with van der Waals surface area (Å²) in [5.41, 5.74) is 4.23. The van der Waals surface area contributed by atoms with E-state index >= 15 is 0 Å². The number of aromatic nitrogens is 3. The van der Waals surface area contributed by atoms with Gasteiger partial charge in [0.05, 0.1) is 29.5 Å². The number of nitrogens with one attached hydrogen (secondary N) is 3. The molecule has 1 aliphatic carbocycles. The van der Waals surface area contributed by atoms with Gasteiger partial charge < -0.3 is 44.7 Å². The fourth-order valence-electron chi connectivity index (χ4n) is 9.95. The summed E-state index contributed by atoms with van der Waals surface area (Å²) in [4.78, 5) is 67.1. The summed E-state index contributed by atoms with van der Waals surface area (Å²) in [5, 5.41) is 9.93. The number of amides is 3. The molecular formula is C45H54ClN9O6. The lowest BCUT2D eigenvalue weighted by Crippen LogP contribution is -2.58. The smallest absolute Gasteiger partial charge is 0.293 e. The molecule has 1 spiro atoms. The number of rotatable bonds is 11. The van der Waals surface area contributed by atoms with E-state index in [4.69, 9.17) is 26.1 Å². The van der Waals surface area contributed by atoms with Crippen molar-refractivity contribution in [1.29, 1.82) is 0 Å². The predicted octanol–water partition coefficient (Wildman–Crippen LogP) is 5.56. The summed E-state index contributed by atoms with van der Waals surface area (Å²) in [7, 11) is 1.52. The highest BCUT2D eigenvalue weighted by Crippen LogP contribution is 2.48. The number of pyridine rings is 1. The second-order valence-corrected chi connectivity index (χ2v) is 18.0. The van der Waals surface area contributed by atoms with Gasteiger partial charge in [0, 0.05) is 74.5 Å². The number of anilines is 4.